The predicted octanol–water partition coefficient (Wildman–Crippen LogP) is 1.92. The van der Waals surface area contributed by atoms with Gasteiger partial charge in [-0.05, 0) is 57.5 Å². The number of aliphatic hydroxyl groups is 1. The summed E-state index contributed by atoms with van der Waals surface area (Å²) >= 11 is 0. The monoisotopic (exact) mass is 308 g/mol. The first-order chi connectivity index (χ1) is 10.3. The van der Waals surface area contributed by atoms with E-state index in [4.69, 9.17) is 0 Å². The molecule has 1 aromatic rings. The molecule has 0 bridgehead atoms. The number of nitrogens with zero attached hydrogens (tertiary/aromatic N) is 1. The molecule has 0 aromatic heterocycles. The van der Waals surface area contributed by atoms with Crippen molar-refractivity contribution in [2.24, 2.45) is 5.92 Å². The van der Waals surface area contributed by atoms with E-state index >= 15 is 0 Å². The van der Waals surface area contributed by atoms with E-state index in [1.54, 1.807) is 26.0 Å². The first kappa shape index (κ1) is 16.9. The average molecular weight is 308 g/mol. The average Bonchev–Trinajstić information content (AvgIpc) is 2.45. The Morgan fingerprint density at radius 2 is 1.91 bits per heavy atom. The van der Waals surface area contributed by atoms with Crippen molar-refractivity contribution in [3.05, 3.63) is 35.6 Å². The Morgan fingerprint density at radius 1 is 1.32 bits per heavy atom. The Bertz CT molecular complexity index is 488. The van der Waals surface area contributed by atoms with E-state index < -0.39 is 5.60 Å². The van der Waals surface area contributed by atoms with Crippen LogP contribution in [0.5, 0.6) is 0 Å². The van der Waals surface area contributed by atoms with Gasteiger partial charge in [0, 0.05) is 19.0 Å². The van der Waals surface area contributed by atoms with Crippen LogP contribution in [0.3, 0.4) is 0 Å². The van der Waals surface area contributed by atoms with Crippen LogP contribution >= 0.6 is 0 Å². The number of halogens is 1. The van der Waals surface area contributed by atoms with Gasteiger partial charge in [0.2, 0.25) is 5.91 Å². The van der Waals surface area contributed by atoms with Gasteiger partial charge >= 0.3 is 0 Å². The fourth-order valence-corrected chi connectivity index (χ4v) is 2.84. The number of piperidine rings is 1. The smallest absolute Gasteiger partial charge is 0.223 e. The van der Waals surface area contributed by atoms with Crippen LogP contribution in [0.2, 0.25) is 0 Å². The van der Waals surface area contributed by atoms with Crippen LogP contribution in [-0.4, -0.2) is 41.1 Å². The standard InChI is InChI=1S/C17H25FN2O2/c1-17(2,22)12-20-9-7-14(8-10-20)16(21)19-11-13-3-5-15(18)6-4-13/h3-6,14,22H,7-12H2,1-2H3,(H,19,21). The van der Waals surface area contributed by atoms with Gasteiger partial charge < -0.3 is 15.3 Å². The maximum absolute atomic E-state index is 12.8. The number of β-amino-alcohol motifs (C(OH)–C–C–N with tert-alkyl or cyclic N) is 1. The first-order valence-electron chi connectivity index (χ1n) is 7.80. The van der Waals surface area contributed by atoms with Gasteiger partial charge in [-0.1, -0.05) is 12.1 Å². The molecule has 0 radical (unpaired) electrons. The van der Waals surface area contributed by atoms with E-state index in [0.717, 1.165) is 31.5 Å². The van der Waals surface area contributed by atoms with Crippen molar-refractivity contribution < 1.29 is 14.3 Å². The van der Waals surface area contributed by atoms with Crippen LogP contribution in [0, 0.1) is 11.7 Å². The molecule has 1 heterocycles. The molecule has 22 heavy (non-hydrogen) atoms. The molecule has 4 nitrogen and oxygen atoms in total. The van der Waals surface area contributed by atoms with E-state index in [9.17, 15) is 14.3 Å². The minimum Gasteiger partial charge on any atom is -0.389 e. The molecule has 1 saturated heterocycles. The van der Waals surface area contributed by atoms with Gasteiger partial charge in [0.25, 0.3) is 0 Å². The molecule has 0 spiro atoms. The fourth-order valence-electron chi connectivity index (χ4n) is 2.84. The molecule has 1 aliphatic heterocycles. The zero-order chi connectivity index (χ0) is 16.2. The van der Waals surface area contributed by atoms with Gasteiger partial charge in [-0.2, -0.15) is 0 Å². The second-order valence-electron chi connectivity index (χ2n) is 6.71. The molecule has 1 fully saturated rings. The summed E-state index contributed by atoms with van der Waals surface area (Å²) in [5.41, 5.74) is 0.201. The maximum Gasteiger partial charge on any atom is 0.223 e. The number of nitrogens with one attached hydrogen (secondary N) is 1. The van der Waals surface area contributed by atoms with Crippen molar-refractivity contribution in [1.82, 2.24) is 10.2 Å². The molecule has 2 rings (SSSR count). The van der Waals surface area contributed by atoms with Gasteiger partial charge in [-0.15, -0.1) is 0 Å². The highest BCUT2D eigenvalue weighted by Crippen LogP contribution is 2.19. The van der Waals surface area contributed by atoms with Crippen molar-refractivity contribution in [2.45, 2.75) is 38.8 Å². The van der Waals surface area contributed by atoms with Crippen LogP contribution in [0.1, 0.15) is 32.3 Å². The number of benzene rings is 1. The van der Waals surface area contributed by atoms with E-state index in [1.165, 1.54) is 12.1 Å². The zero-order valence-corrected chi connectivity index (χ0v) is 13.3. The van der Waals surface area contributed by atoms with Crippen LogP contribution in [0.15, 0.2) is 24.3 Å². The maximum atomic E-state index is 12.8. The molecule has 1 aromatic carbocycles. The number of carbonyl (C=O) groups excluding carboxylic acids is 1. The van der Waals surface area contributed by atoms with Crippen molar-refractivity contribution in [2.75, 3.05) is 19.6 Å². The molecule has 5 heteroatoms. The summed E-state index contributed by atoms with van der Waals surface area (Å²) in [6.45, 7) is 6.33. The number of hydrogen-bond donors (Lipinski definition) is 2. The van der Waals surface area contributed by atoms with E-state index in [2.05, 4.69) is 10.2 Å². The third-order valence-electron chi connectivity index (χ3n) is 3.95. The highest BCUT2D eigenvalue weighted by atomic mass is 19.1. The summed E-state index contributed by atoms with van der Waals surface area (Å²) in [6.07, 6.45) is 1.62. The van der Waals surface area contributed by atoms with Gasteiger partial charge in [-0.3, -0.25) is 4.79 Å². The van der Waals surface area contributed by atoms with Crippen molar-refractivity contribution in [3.63, 3.8) is 0 Å². The van der Waals surface area contributed by atoms with Crippen LogP contribution in [0.25, 0.3) is 0 Å². The summed E-state index contributed by atoms with van der Waals surface area (Å²) in [6, 6.07) is 6.16. The lowest BCUT2D eigenvalue weighted by Gasteiger charge is -2.34. The largest absolute Gasteiger partial charge is 0.389 e. The minimum absolute atomic E-state index is 0.0264. The summed E-state index contributed by atoms with van der Waals surface area (Å²) in [5, 5.41) is 12.7. The van der Waals surface area contributed by atoms with Gasteiger partial charge in [0.05, 0.1) is 5.60 Å². The topological polar surface area (TPSA) is 52.6 Å². The molecule has 0 unspecified atom stereocenters. The number of rotatable bonds is 5. The zero-order valence-electron chi connectivity index (χ0n) is 13.3. The third-order valence-corrected chi connectivity index (χ3v) is 3.95. The Labute approximate surface area is 131 Å². The van der Waals surface area contributed by atoms with Crippen molar-refractivity contribution in [3.8, 4) is 0 Å². The highest BCUT2D eigenvalue weighted by molar-refractivity contribution is 5.78. The Morgan fingerprint density at radius 3 is 2.45 bits per heavy atom. The lowest BCUT2D eigenvalue weighted by molar-refractivity contribution is -0.126. The van der Waals surface area contributed by atoms with Crippen molar-refractivity contribution in [1.29, 1.82) is 0 Å². The molecule has 0 saturated carbocycles. The van der Waals surface area contributed by atoms with Crippen LogP contribution in [-0.2, 0) is 11.3 Å². The SMILES string of the molecule is CC(C)(O)CN1CCC(C(=O)NCc2ccc(F)cc2)CC1. The predicted molar refractivity (Wildman–Crippen MR) is 83.7 cm³/mol. The van der Waals surface area contributed by atoms with E-state index in [0.29, 0.717) is 13.1 Å². The number of carbonyl (C=O) groups is 1. The minimum atomic E-state index is -0.697. The van der Waals surface area contributed by atoms with Gasteiger partial charge in [0.15, 0.2) is 0 Å². The quantitative estimate of drug-likeness (QED) is 0.874. The number of hydrogen-bond acceptors (Lipinski definition) is 3. The Balaban J connectivity index is 1.74. The first-order valence-corrected chi connectivity index (χ1v) is 7.80. The van der Waals surface area contributed by atoms with E-state index in [1.807, 2.05) is 0 Å². The van der Waals surface area contributed by atoms with Crippen molar-refractivity contribution >= 4 is 5.91 Å². The summed E-state index contributed by atoms with van der Waals surface area (Å²) in [7, 11) is 0. The normalized spacial score (nSPS) is 17.5. The molecule has 1 amide bonds. The molecule has 2 N–H and O–H groups in total. The lowest BCUT2D eigenvalue weighted by atomic mass is 9.95. The van der Waals surface area contributed by atoms with Crippen LogP contribution in [0.4, 0.5) is 4.39 Å². The molecule has 122 valence electrons. The molecule has 0 atom stereocenters. The summed E-state index contributed by atoms with van der Waals surface area (Å²) in [5.74, 6) is -0.181. The van der Waals surface area contributed by atoms with Crippen LogP contribution < -0.4 is 5.32 Å². The second-order valence-corrected chi connectivity index (χ2v) is 6.71. The van der Waals surface area contributed by atoms with E-state index in [-0.39, 0.29) is 17.6 Å². The summed E-state index contributed by atoms with van der Waals surface area (Å²) < 4.78 is 12.8. The van der Waals surface area contributed by atoms with Gasteiger partial charge in [-0.25, -0.2) is 4.39 Å². The second kappa shape index (κ2) is 7.20. The fraction of sp³-hybridized carbons (Fsp3) is 0.588. The third kappa shape index (κ3) is 5.39. The number of amides is 1. The lowest BCUT2D eigenvalue weighted by Crippen LogP contribution is -2.45. The Kier molecular flexibility index (Phi) is 5.53. The molecule has 1 aliphatic rings. The highest BCUT2D eigenvalue weighted by Gasteiger charge is 2.27. The van der Waals surface area contributed by atoms with Gasteiger partial charge in [0.1, 0.15) is 5.82 Å². The number of likely N-dealkylation sites (tertiary alicyclic amines) is 1. The Hall–Kier alpha value is -1.46. The molecular weight excluding hydrogens is 283 g/mol. The summed E-state index contributed by atoms with van der Waals surface area (Å²) in [4.78, 5) is 14.4. The molecular formula is C17H25FN2O2. The molecule has 0 aliphatic carbocycles.